The van der Waals surface area contributed by atoms with Gasteiger partial charge in [0.05, 0.1) is 12.8 Å². The molecule has 2 N–H and O–H groups in total. The molecule has 0 amide bonds. The van der Waals surface area contributed by atoms with Crippen LogP contribution < -0.4 is 20.1 Å². The number of thiazole rings is 1. The van der Waals surface area contributed by atoms with E-state index in [1.165, 1.54) is 11.3 Å². The monoisotopic (exact) mass is 383 g/mol. The summed E-state index contributed by atoms with van der Waals surface area (Å²) in [6.07, 6.45) is 7.33. The molecule has 0 bridgehead atoms. The second-order valence-corrected chi connectivity index (χ2v) is 7.15. The smallest absolute Gasteiger partial charge is 0.219 e. The summed E-state index contributed by atoms with van der Waals surface area (Å²) in [4.78, 5) is 12.9. The minimum absolute atomic E-state index is 0.518. The van der Waals surface area contributed by atoms with Gasteiger partial charge in [0, 0.05) is 29.9 Å². The molecule has 7 nitrogen and oxygen atoms in total. The van der Waals surface area contributed by atoms with Crippen molar-refractivity contribution >= 4 is 22.3 Å². The Hall–Kier alpha value is -2.71. The Morgan fingerprint density at radius 3 is 2.85 bits per heavy atom. The lowest BCUT2D eigenvalue weighted by atomic mass is 9.99. The average Bonchev–Trinajstić information content (AvgIpc) is 3.23. The molecule has 140 valence electrons. The molecule has 4 heterocycles. The van der Waals surface area contributed by atoms with Crippen LogP contribution in [-0.2, 0) is 0 Å². The topological polar surface area (TPSA) is 81.2 Å². The summed E-state index contributed by atoms with van der Waals surface area (Å²) in [6, 6.07) is 7.37. The molecule has 1 saturated heterocycles. The van der Waals surface area contributed by atoms with E-state index in [9.17, 15) is 0 Å². The molecule has 4 rings (SSSR count). The van der Waals surface area contributed by atoms with Crippen molar-refractivity contribution in [2.45, 2.75) is 12.8 Å². The first-order chi connectivity index (χ1) is 13.4. The van der Waals surface area contributed by atoms with Gasteiger partial charge in [-0.2, -0.15) is 0 Å². The summed E-state index contributed by atoms with van der Waals surface area (Å²) in [6.45, 7) is 2.74. The van der Waals surface area contributed by atoms with Crippen molar-refractivity contribution in [3.05, 3.63) is 48.2 Å². The first-order valence-electron chi connectivity index (χ1n) is 8.96. The molecular weight excluding hydrogens is 362 g/mol. The van der Waals surface area contributed by atoms with Crippen LogP contribution in [0.3, 0.4) is 0 Å². The number of aromatic nitrogens is 3. The number of hydrogen-bond donors (Lipinski definition) is 2. The average molecular weight is 383 g/mol. The van der Waals surface area contributed by atoms with Gasteiger partial charge in [-0.15, -0.1) is 11.3 Å². The molecule has 3 aromatic heterocycles. The number of hydrogen-bond acceptors (Lipinski definition) is 8. The molecule has 0 atom stereocenters. The molecular formula is C19H21N5O2S. The van der Waals surface area contributed by atoms with Crippen LogP contribution in [0.25, 0.3) is 0 Å². The van der Waals surface area contributed by atoms with Crippen molar-refractivity contribution in [3.63, 3.8) is 0 Å². The number of pyridine rings is 2. The summed E-state index contributed by atoms with van der Waals surface area (Å²) < 4.78 is 11.9. The van der Waals surface area contributed by atoms with Crippen LogP contribution in [0.5, 0.6) is 17.4 Å². The highest BCUT2D eigenvalue weighted by molar-refractivity contribution is 7.13. The first kappa shape index (κ1) is 17.7. The maximum atomic E-state index is 6.13. The van der Waals surface area contributed by atoms with Crippen LogP contribution in [-0.4, -0.2) is 34.6 Å². The van der Waals surface area contributed by atoms with E-state index in [1.807, 2.05) is 23.6 Å². The second kappa shape index (κ2) is 8.79. The molecule has 0 saturated carbocycles. The number of anilines is 2. The van der Waals surface area contributed by atoms with Gasteiger partial charge >= 0.3 is 0 Å². The van der Waals surface area contributed by atoms with Gasteiger partial charge in [-0.3, -0.25) is 0 Å². The Balaban J connectivity index is 1.52. The number of piperidine rings is 1. The highest BCUT2D eigenvalue weighted by atomic mass is 32.1. The normalized spacial score (nSPS) is 14.7. The SMILES string of the molecule is c1ccc(Oc2cnc(Nc3nccs3)c(OCC3CCNCC3)c2)nc1. The summed E-state index contributed by atoms with van der Waals surface area (Å²) in [7, 11) is 0. The van der Waals surface area contributed by atoms with Gasteiger partial charge in [-0.25, -0.2) is 15.0 Å². The number of ether oxygens (including phenoxy) is 2. The third-order valence-electron chi connectivity index (χ3n) is 4.28. The number of nitrogens with one attached hydrogen (secondary N) is 2. The Bertz CT molecular complexity index is 839. The standard InChI is InChI=1S/C19H21N5O2S/c1-2-6-21-17(3-1)26-15-11-16(25-13-14-4-7-20-8-5-14)18(23-12-15)24-19-22-9-10-27-19/h1-3,6,9-12,14,20H,4-5,7-8,13H2,(H,22,23,24). The van der Waals surface area contributed by atoms with E-state index >= 15 is 0 Å². The number of rotatable bonds is 7. The first-order valence-corrected chi connectivity index (χ1v) is 9.84. The molecule has 3 aromatic rings. The molecule has 1 aliphatic heterocycles. The largest absolute Gasteiger partial charge is 0.489 e. The van der Waals surface area contributed by atoms with E-state index in [0.29, 0.717) is 35.7 Å². The van der Waals surface area contributed by atoms with E-state index in [1.54, 1.807) is 24.7 Å². The zero-order valence-corrected chi connectivity index (χ0v) is 15.6. The minimum Gasteiger partial charge on any atom is -0.489 e. The van der Waals surface area contributed by atoms with Crippen LogP contribution in [0.1, 0.15) is 12.8 Å². The third-order valence-corrected chi connectivity index (χ3v) is 4.97. The van der Waals surface area contributed by atoms with Crippen molar-refractivity contribution in [1.82, 2.24) is 20.3 Å². The van der Waals surface area contributed by atoms with E-state index in [4.69, 9.17) is 9.47 Å². The van der Waals surface area contributed by atoms with Crippen LogP contribution >= 0.6 is 11.3 Å². The quantitative estimate of drug-likeness (QED) is 0.641. The molecule has 0 spiro atoms. The van der Waals surface area contributed by atoms with Crippen LogP contribution in [0.2, 0.25) is 0 Å². The van der Waals surface area contributed by atoms with Gasteiger partial charge in [0.2, 0.25) is 5.88 Å². The van der Waals surface area contributed by atoms with Crippen LogP contribution in [0, 0.1) is 5.92 Å². The van der Waals surface area contributed by atoms with Gasteiger partial charge in [0.15, 0.2) is 22.4 Å². The minimum atomic E-state index is 0.518. The zero-order valence-electron chi connectivity index (χ0n) is 14.8. The third kappa shape index (κ3) is 4.93. The van der Waals surface area contributed by atoms with Crippen molar-refractivity contribution in [1.29, 1.82) is 0 Å². The van der Waals surface area contributed by atoms with E-state index < -0.39 is 0 Å². The van der Waals surface area contributed by atoms with E-state index in [0.717, 1.165) is 31.1 Å². The maximum Gasteiger partial charge on any atom is 0.219 e. The molecule has 1 aliphatic rings. The number of nitrogens with zero attached hydrogens (tertiary/aromatic N) is 3. The molecule has 0 aromatic carbocycles. The fourth-order valence-electron chi connectivity index (χ4n) is 2.86. The summed E-state index contributed by atoms with van der Waals surface area (Å²) in [5.41, 5.74) is 0. The van der Waals surface area contributed by atoms with Crippen LogP contribution in [0.4, 0.5) is 10.9 Å². The van der Waals surface area contributed by atoms with Gasteiger partial charge in [0.1, 0.15) is 0 Å². The highest BCUT2D eigenvalue weighted by Gasteiger charge is 2.16. The molecule has 0 aliphatic carbocycles. The summed E-state index contributed by atoms with van der Waals surface area (Å²) >= 11 is 1.51. The lowest BCUT2D eigenvalue weighted by Gasteiger charge is -2.23. The molecule has 0 radical (unpaired) electrons. The lowest BCUT2D eigenvalue weighted by Crippen LogP contribution is -2.30. The van der Waals surface area contributed by atoms with Crippen molar-refractivity contribution < 1.29 is 9.47 Å². The van der Waals surface area contributed by atoms with Gasteiger partial charge < -0.3 is 20.1 Å². The highest BCUT2D eigenvalue weighted by Crippen LogP contribution is 2.32. The molecule has 0 unspecified atom stereocenters. The van der Waals surface area contributed by atoms with Gasteiger partial charge in [0.25, 0.3) is 0 Å². The van der Waals surface area contributed by atoms with Crippen molar-refractivity contribution in [3.8, 4) is 17.4 Å². The summed E-state index contributed by atoms with van der Waals surface area (Å²) in [5, 5.41) is 9.28. The zero-order chi connectivity index (χ0) is 18.3. The van der Waals surface area contributed by atoms with E-state index in [2.05, 4.69) is 25.6 Å². The Kier molecular flexibility index (Phi) is 5.76. The molecule has 8 heteroatoms. The predicted molar refractivity (Wildman–Crippen MR) is 105 cm³/mol. The Morgan fingerprint density at radius 1 is 1.15 bits per heavy atom. The van der Waals surface area contributed by atoms with E-state index in [-0.39, 0.29) is 0 Å². The summed E-state index contributed by atoms with van der Waals surface area (Å²) in [5.74, 6) is 2.92. The maximum absolute atomic E-state index is 6.13. The fourth-order valence-corrected chi connectivity index (χ4v) is 3.38. The van der Waals surface area contributed by atoms with Crippen LogP contribution in [0.15, 0.2) is 48.2 Å². The predicted octanol–water partition coefficient (Wildman–Crippen LogP) is 3.85. The van der Waals surface area contributed by atoms with Crippen molar-refractivity contribution in [2.75, 3.05) is 25.0 Å². The van der Waals surface area contributed by atoms with Gasteiger partial charge in [-0.05, 0) is 37.9 Å². The van der Waals surface area contributed by atoms with Crippen molar-refractivity contribution in [2.24, 2.45) is 5.92 Å². The lowest BCUT2D eigenvalue weighted by molar-refractivity contribution is 0.215. The fraction of sp³-hybridized carbons (Fsp3) is 0.316. The molecule has 1 fully saturated rings. The Labute approximate surface area is 161 Å². The van der Waals surface area contributed by atoms with Gasteiger partial charge in [-0.1, -0.05) is 6.07 Å². The molecule has 27 heavy (non-hydrogen) atoms. The second-order valence-electron chi connectivity index (χ2n) is 6.25. The Morgan fingerprint density at radius 2 is 2.07 bits per heavy atom.